The predicted octanol–water partition coefficient (Wildman–Crippen LogP) is 3.85. The number of carbonyl (C=O) groups excluding carboxylic acids is 1. The normalized spacial score (nSPS) is 10.9. The first-order chi connectivity index (χ1) is 13.1. The summed E-state index contributed by atoms with van der Waals surface area (Å²) in [4.78, 5) is 11.9. The Bertz CT molecular complexity index is 1000. The number of methoxy groups -OCH3 is 1. The molecule has 1 amide bonds. The van der Waals surface area contributed by atoms with E-state index in [1.54, 1.807) is 12.1 Å². The topological polar surface area (TPSA) is 80.2 Å². The molecule has 6 nitrogen and oxygen atoms in total. The minimum atomic E-state index is -0.399. The van der Waals surface area contributed by atoms with Gasteiger partial charge >= 0.3 is 0 Å². The highest BCUT2D eigenvalue weighted by Crippen LogP contribution is 2.33. The van der Waals surface area contributed by atoms with Crippen molar-refractivity contribution in [2.45, 2.75) is 0 Å². The molecule has 3 aromatic carbocycles. The van der Waals surface area contributed by atoms with E-state index < -0.39 is 5.91 Å². The Morgan fingerprint density at radius 2 is 1.96 bits per heavy atom. The van der Waals surface area contributed by atoms with Crippen LogP contribution in [0.1, 0.15) is 5.56 Å². The van der Waals surface area contributed by atoms with Crippen LogP contribution in [-0.4, -0.2) is 30.9 Å². The molecule has 7 heteroatoms. The molecular weight excluding hydrogens is 412 g/mol. The highest BCUT2D eigenvalue weighted by atomic mass is 79.9. The van der Waals surface area contributed by atoms with Crippen LogP contribution in [0.2, 0.25) is 0 Å². The van der Waals surface area contributed by atoms with Crippen LogP contribution in [0.3, 0.4) is 0 Å². The number of nitrogens with zero attached hydrogens (tertiary/aromatic N) is 1. The number of nitrogens with one attached hydrogen (secondary N) is 1. The van der Waals surface area contributed by atoms with Crippen molar-refractivity contribution >= 4 is 38.8 Å². The summed E-state index contributed by atoms with van der Waals surface area (Å²) in [5.41, 5.74) is 3.00. The summed E-state index contributed by atoms with van der Waals surface area (Å²) in [6, 6.07) is 16.4. The minimum Gasteiger partial charge on any atom is -0.504 e. The van der Waals surface area contributed by atoms with Gasteiger partial charge < -0.3 is 14.6 Å². The molecule has 0 bridgehead atoms. The number of carbonyl (C=O) groups is 1. The van der Waals surface area contributed by atoms with Crippen molar-refractivity contribution in [2.75, 3.05) is 13.7 Å². The number of aromatic hydroxyl groups is 1. The van der Waals surface area contributed by atoms with Crippen molar-refractivity contribution < 1.29 is 19.4 Å². The second-order valence-corrected chi connectivity index (χ2v) is 6.40. The zero-order valence-electron chi connectivity index (χ0n) is 14.5. The average Bonchev–Trinajstić information content (AvgIpc) is 2.68. The number of rotatable bonds is 6. The molecule has 0 spiro atoms. The van der Waals surface area contributed by atoms with Crippen molar-refractivity contribution in [1.82, 2.24) is 5.43 Å². The zero-order valence-corrected chi connectivity index (χ0v) is 16.1. The Hall–Kier alpha value is -3.06. The smallest absolute Gasteiger partial charge is 0.277 e. The number of hydrogen-bond donors (Lipinski definition) is 2. The molecule has 3 aromatic rings. The number of phenols is 1. The summed E-state index contributed by atoms with van der Waals surface area (Å²) in [5.74, 6) is 0.541. The third-order valence-corrected chi connectivity index (χ3v) is 4.61. The van der Waals surface area contributed by atoms with Crippen LogP contribution in [0.5, 0.6) is 17.2 Å². The summed E-state index contributed by atoms with van der Waals surface area (Å²) in [6.07, 6.45) is 1.42. The molecule has 138 valence electrons. The molecule has 0 atom stereocenters. The fourth-order valence-corrected chi connectivity index (χ4v) is 3.07. The van der Waals surface area contributed by atoms with E-state index in [-0.39, 0.29) is 12.4 Å². The van der Waals surface area contributed by atoms with Gasteiger partial charge in [0.05, 0.1) is 17.8 Å². The molecule has 2 N–H and O–H groups in total. The second kappa shape index (κ2) is 8.55. The van der Waals surface area contributed by atoms with Crippen LogP contribution in [0.4, 0.5) is 0 Å². The summed E-state index contributed by atoms with van der Waals surface area (Å²) >= 11 is 3.51. The molecule has 0 aromatic heterocycles. The van der Waals surface area contributed by atoms with Gasteiger partial charge in [-0.15, -0.1) is 0 Å². The van der Waals surface area contributed by atoms with Gasteiger partial charge in [0, 0.05) is 0 Å². The van der Waals surface area contributed by atoms with Gasteiger partial charge in [0.15, 0.2) is 18.1 Å². The van der Waals surface area contributed by atoms with Crippen molar-refractivity contribution in [3.8, 4) is 17.2 Å². The lowest BCUT2D eigenvalue weighted by Crippen LogP contribution is -2.24. The summed E-state index contributed by atoms with van der Waals surface area (Å²) in [7, 11) is 1.47. The van der Waals surface area contributed by atoms with E-state index in [4.69, 9.17) is 9.47 Å². The van der Waals surface area contributed by atoms with E-state index in [0.717, 1.165) is 15.2 Å². The molecule has 0 heterocycles. The third kappa shape index (κ3) is 4.57. The molecule has 0 saturated heterocycles. The molecule has 27 heavy (non-hydrogen) atoms. The number of ether oxygens (including phenoxy) is 2. The van der Waals surface area contributed by atoms with Crippen molar-refractivity contribution in [3.63, 3.8) is 0 Å². The monoisotopic (exact) mass is 428 g/mol. The SMILES string of the molecule is COc1ccc(C=NNC(=O)COc2ccc3ccccc3c2Br)cc1O. The highest BCUT2D eigenvalue weighted by Gasteiger charge is 2.08. The Morgan fingerprint density at radius 1 is 1.19 bits per heavy atom. The van der Waals surface area contributed by atoms with Gasteiger partial charge in [0.1, 0.15) is 5.75 Å². The standard InChI is InChI=1S/C20H17BrN2O4/c1-26-17-8-6-13(10-16(17)24)11-22-23-19(25)12-27-18-9-7-14-4-2-3-5-15(14)20(18)21/h2-11,24H,12H2,1H3,(H,23,25). The van der Waals surface area contributed by atoms with Crippen LogP contribution in [0, 0.1) is 0 Å². The molecule has 3 rings (SSSR count). The summed E-state index contributed by atoms with van der Waals surface area (Å²) in [5, 5.41) is 15.7. The number of benzene rings is 3. The zero-order chi connectivity index (χ0) is 19.2. The lowest BCUT2D eigenvalue weighted by molar-refractivity contribution is -0.123. The number of fused-ring (bicyclic) bond motifs is 1. The first-order valence-corrected chi connectivity index (χ1v) is 8.86. The number of phenolic OH excluding ortho intramolecular Hbond substituents is 1. The van der Waals surface area contributed by atoms with Crippen LogP contribution >= 0.6 is 15.9 Å². The number of halogens is 1. The van der Waals surface area contributed by atoms with E-state index in [0.29, 0.717) is 17.1 Å². The summed E-state index contributed by atoms with van der Waals surface area (Å²) in [6.45, 7) is -0.178. The Kier molecular flexibility index (Phi) is 5.93. The Labute approximate surface area is 164 Å². The molecule has 0 fully saturated rings. The fourth-order valence-electron chi connectivity index (χ4n) is 2.47. The van der Waals surface area contributed by atoms with Gasteiger partial charge in [-0.05, 0) is 56.5 Å². The van der Waals surface area contributed by atoms with Crippen LogP contribution in [0.15, 0.2) is 64.2 Å². The van der Waals surface area contributed by atoms with Crippen molar-refractivity contribution in [2.24, 2.45) is 5.10 Å². The van der Waals surface area contributed by atoms with Gasteiger partial charge in [-0.25, -0.2) is 5.43 Å². The fraction of sp³-hybridized carbons (Fsp3) is 0.100. The molecule has 0 aliphatic rings. The number of hydrogen-bond acceptors (Lipinski definition) is 5. The first kappa shape index (κ1) is 18.7. The van der Waals surface area contributed by atoms with Gasteiger partial charge in [-0.1, -0.05) is 30.3 Å². The van der Waals surface area contributed by atoms with E-state index in [1.807, 2.05) is 36.4 Å². The first-order valence-electron chi connectivity index (χ1n) is 8.07. The maximum absolute atomic E-state index is 11.9. The predicted molar refractivity (Wildman–Crippen MR) is 108 cm³/mol. The Balaban J connectivity index is 1.57. The minimum absolute atomic E-state index is 0.00253. The largest absolute Gasteiger partial charge is 0.504 e. The van der Waals surface area contributed by atoms with E-state index >= 15 is 0 Å². The molecule has 0 saturated carbocycles. The molecule has 0 aliphatic carbocycles. The van der Waals surface area contributed by atoms with Crippen LogP contribution in [-0.2, 0) is 4.79 Å². The highest BCUT2D eigenvalue weighted by molar-refractivity contribution is 9.10. The summed E-state index contributed by atoms with van der Waals surface area (Å²) < 4.78 is 11.3. The lowest BCUT2D eigenvalue weighted by Gasteiger charge is -2.09. The molecule has 0 aliphatic heterocycles. The van der Waals surface area contributed by atoms with Gasteiger partial charge in [0.2, 0.25) is 0 Å². The van der Waals surface area contributed by atoms with Crippen LogP contribution in [0.25, 0.3) is 10.8 Å². The Morgan fingerprint density at radius 3 is 2.74 bits per heavy atom. The number of hydrazone groups is 1. The second-order valence-electron chi connectivity index (χ2n) is 5.61. The average molecular weight is 429 g/mol. The third-order valence-electron chi connectivity index (χ3n) is 3.79. The van der Waals surface area contributed by atoms with Gasteiger partial charge in [-0.3, -0.25) is 4.79 Å². The van der Waals surface area contributed by atoms with Crippen molar-refractivity contribution in [1.29, 1.82) is 0 Å². The van der Waals surface area contributed by atoms with E-state index in [1.165, 1.54) is 19.4 Å². The van der Waals surface area contributed by atoms with E-state index in [9.17, 15) is 9.90 Å². The maximum Gasteiger partial charge on any atom is 0.277 e. The van der Waals surface area contributed by atoms with E-state index in [2.05, 4.69) is 26.5 Å². The van der Waals surface area contributed by atoms with Gasteiger partial charge in [0.25, 0.3) is 5.91 Å². The molecule has 0 radical (unpaired) electrons. The maximum atomic E-state index is 11.9. The van der Waals surface area contributed by atoms with Crippen molar-refractivity contribution in [3.05, 3.63) is 64.6 Å². The molecule has 0 unspecified atom stereocenters. The van der Waals surface area contributed by atoms with Crippen LogP contribution < -0.4 is 14.9 Å². The quantitative estimate of drug-likeness (QED) is 0.461. The molecular formula is C20H17BrN2O4. The van der Waals surface area contributed by atoms with Gasteiger partial charge in [-0.2, -0.15) is 5.10 Å². The lowest BCUT2D eigenvalue weighted by atomic mass is 10.1. The number of amides is 1.